The largest absolute Gasteiger partial charge is 0.426 e. The molecule has 0 radical (unpaired) electrons. The number of hydrogen-bond donors (Lipinski definition) is 0. The fourth-order valence-electron chi connectivity index (χ4n) is 6.91. The molecule has 2 saturated carbocycles. The highest BCUT2D eigenvalue weighted by molar-refractivity contribution is 6.22. The van der Waals surface area contributed by atoms with E-state index in [0.717, 1.165) is 17.7 Å². The van der Waals surface area contributed by atoms with Crippen LogP contribution in [0.5, 0.6) is 5.75 Å². The molecule has 4 aliphatic carbocycles. The van der Waals surface area contributed by atoms with E-state index >= 15 is 0 Å². The lowest BCUT2D eigenvalue weighted by atomic mass is 9.63. The summed E-state index contributed by atoms with van der Waals surface area (Å²) in [5.41, 5.74) is 2.38. The van der Waals surface area contributed by atoms with Crippen molar-refractivity contribution < 1.29 is 23.9 Å². The Morgan fingerprint density at radius 1 is 0.833 bits per heavy atom. The first kappa shape index (κ1) is 21.5. The van der Waals surface area contributed by atoms with Gasteiger partial charge in [-0.05, 0) is 73.4 Å². The smallest absolute Gasteiger partial charge is 0.316 e. The van der Waals surface area contributed by atoms with Crippen LogP contribution in [-0.2, 0) is 19.2 Å². The van der Waals surface area contributed by atoms with Crippen LogP contribution in [0.4, 0.5) is 11.4 Å². The van der Waals surface area contributed by atoms with Crippen molar-refractivity contribution in [1.29, 1.82) is 0 Å². The van der Waals surface area contributed by atoms with Gasteiger partial charge in [0.15, 0.2) is 0 Å². The Hall–Kier alpha value is -3.74. The molecular formula is C29H26N2O5. The summed E-state index contributed by atoms with van der Waals surface area (Å²) < 4.78 is 5.56. The summed E-state index contributed by atoms with van der Waals surface area (Å²) in [5.74, 6) is -0.0387. The van der Waals surface area contributed by atoms with E-state index in [1.54, 1.807) is 29.2 Å². The number of benzene rings is 2. The van der Waals surface area contributed by atoms with E-state index in [4.69, 9.17) is 4.74 Å². The highest BCUT2D eigenvalue weighted by Gasteiger charge is 2.67. The van der Waals surface area contributed by atoms with E-state index in [1.807, 2.05) is 31.2 Å². The van der Waals surface area contributed by atoms with Gasteiger partial charge in [-0.2, -0.15) is 0 Å². The Kier molecular flexibility index (Phi) is 4.56. The molecule has 7 heteroatoms. The first-order valence-corrected chi connectivity index (χ1v) is 12.7. The predicted molar refractivity (Wildman–Crippen MR) is 131 cm³/mol. The van der Waals surface area contributed by atoms with Gasteiger partial charge in [0.1, 0.15) is 5.75 Å². The minimum absolute atomic E-state index is 0.0999. The van der Waals surface area contributed by atoms with Gasteiger partial charge in [0.2, 0.25) is 17.7 Å². The van der Waals surface area contributed by atoms with E-state index in [-0.39, 0.29) is 54.4 Å². The number of aryl methyl sites for hydroxylation is 1. The number of amides is 3. The average molecular weight is 483 g/mol. The zero-order chi connectivity index (χ0) is 24.7. The van der Waals surface area contributed by atoms with Crippen LogP contribution in [-0.4, -0.2) is 30.2 Å². The number of carbonyl (C=O) groups is 4. The van der Waals surface area contributed by atoms with Crippen LogP contribution in [0.1, 0.15) is 18.4 Å². The number of carbonyl (C=O) groups excluding carboxylic acids is 4. The third-order valence-electron chi connectivity index (χ3n) is 8.78. The summed E-state index contributed by atoms with van der Waals surface area (Å²) in [7, 11) is 0. The maximum Gasteiger partial charge on any atom is 0.316 e. The van der Waals surface area contributed by atoms with Gasteiger partial charge in [0.05, 0.1) is 23.4 Å². The summed E-state index contributed by atoms with van der Waals surface area (Å²) in [4.78, 5) is 54.8. The lowest BCUT2D eigenvalue weighted by Crippen LogP contribution is -2.40. The number of hydrogen-bond acceptors (Lipinski definition) is 5. The fraction of sp³-hybridized carbons (Fsp3) is 0.379. The van der Waals surface area contributed by atoms with E-state index < -0.39 is 11.9 Å². The molecule has 6 aliphatic rings. The zero-order valence-electron chi connectivity index (χ0n) is 19.9. The highest BCUT2D eigenvalue weighted by atomic mass is 16.5. The van der Waals surface area contributed by atoms with Crippen molar-refractivity contribution in [2.45, 2.75) is 19.8 Å². The Labute approximate surface area is 208 Å². The number of nitrogens with zero attached hydrogens (tertiary/aromatic N) is 2. The van der Waals surface area contributed by atoms with Gasteiger partial charge in [-0.1, -0.05) is 29.8 Å². The summed E-state index contributed by atoms with van der Waals surface area (Å²) >= 11 is 0. The molecule has 182 valence electrons. The van der Waals surface area contributed by atoms with E-state index in [0.29, 0.717) is 23.3 Å². The molecule has 36 heavy (non-hydrogen) atoms. The number of rotatable bonds is 4. The van der Waals surface area contributed by atoms with Crippen LogP contribution >= 0.6 is 0 Å². The Morgan fingerprint density at radius 3 is 2.03 bits per heavy atom. The first-order valence-electron chi connectivity index (χ1n) is 12.7. The Balaban J connectivity index is 1.03. The van der Waals surface area contributed by atoms with Crippen LogP contribution in [0.15, 0.2) is 60.7 Å². The van der Waals surface area contributed by atoms with Crippen LogP contribution in [0, 0.1) is 48.3 Å². The minimum atomic E-state index is -0.558. The van der Waals surface area contributed by atoms with Crippen molar-refractivity contribution in [1.82, 2.24) is 0 Å². The second kappa shape index (κ2) is 7.63. The zero-order valence-corrected chi connectivity index (χ0v) is 19.9. The molecular weight excluding hydrogens is 456 g/mol. The van der Waals surface area contributed by atoms with Crippen molar-refractivity contribution in [3.8, 4) is 5.75 Å². The molecule has 2 heterocycles. The molecule has 0 unspecified atom stereocenters. The number of anilines is 2. The standard InChI is InChI=1S/C29H26N2O5/c1-15-2-4-17(5-3-15)30-14-16(12-24(30)32)29(35)36-19-8-6-18(7-9-19)31-27(33)25-20-10-11-21(23-13-22(20)23)26(25)28(31)34/h2-11,16,20-23,25-26H,12-14H2,1H3/t16-,20+,21+,22-,23+,25+,26-/m0/s1. The predicted octanol–water partition coefficient (Wildman–Crippen LogP) is 3.51. The molecule has 2 aromatic carbocycles. The van der Waals surface area contributed by atoms with Crippen LogP contribution < -0.4 is 14.5 Å². The topological polar surface area (TPSA) is 84.0 Å². The van der Waals surface area contributed by atoms with Gasteiger partial charge >= 0.3 is 5.97 Å². The van der Waals surface area contributed by atoms with E-state index in [1.165, 1.54) is 4.90 Å². The molecule has 4 fully saturated rings. The molecule has 0 spiro atoms. The van der Waals surface area contributed by atoms with Gasteiger partial charge in [0, 0.05) is 18.7 Å². The van der Waals surface area contributed by atoms with E-state index in [2.05, 4.69) is 12.2 Å². The number of ether oxygens (including phenoxy) is 1. The second-order valence-corrected chi connectivity index (χ2v) is 10.8. The number of allylic oxidation sites excluding steroid dienone is 2. The molecule has 8 rings (SSSR count). The third kappa shape index (κ3) is 3.11. The van der Waals surface area contributed by atoms with Crippen molar-refractivity contribution in [3.05, 3.63) is 66.2 Å². The second-order valence-electron chi connectivity index (χ2n) is 10.8. The average Bonchev–Trinajstić information content (AvgIpc) is 3.56. The molecule has 2 aromatic rings. The van der Waals surface area contributed by atoms with Crippen LogP contribution in [0.2, 0.25) is 0 Å². The molecule has 7 atom stereocenters. The quantitative estimate of drug-likeness (QED) is 0.288. The maximum absolute atomic E-state index is 13.3. The molecule has 2 aliphatic heterocycles. The maximum atomic E-state index is 13.3. The van der Waals surface area contributed by atoms with Crippen molar-refractivity contribution in [2.75, 3.05) is 16.3 Å². The first-order chi connectivity index (χ1) is 17.4. The molecule has 0 aromatic heterocycles. The molecule has 2 saturated heterocycles. The lowest BCUT2D eigenvalue weighted by molar-refractivity contribution is -0.139. The van der Waals surface area contributed by atoms with Crippen molar-refractivity contribution >= 4 is 35.1 Å². The van der Waals surface area contributed by atoms with Crippen molar-refractivity contribution in [2.24, 2.45) is 41.4 Å². The summed E-state index contributed by atoms with van der Waals surface area (Å²) in [6.07, 6.45) is 5.55. The van der Waals surface area contributed by atoms with E-state index in [9.17, 15) is 19.2 Å². The Bertz CT molecular complexity index is 1290. The highest BCUT2D eigenvalue weighted by Crippen LogP contribution is 2.65. The normalized spacial score (nSPS) is 33.7. The molecule has 3 amide bonds. The third-order valence-corrected chi connectivity index (χ3v) is 8.78. The summed E-state index contributed by atoms with van der Waals surface area (Å²) in [5, 5.41) is 0. The molecule has 7 nitrogen and oxygen atoms in total. The van der Waals surface area contributed by atoms with Gasteiger partial charge in [-0.25, -0.2) is 0 Å². The van der Waals surface area contributed by atoms with Gasteiger partial charge in [-0.3, -0.25) is 24.1 Å². The van der Waals surface area contributed by atoms with Crippen LogP contribution in [0.3, 0.4) is 0 Å². The SMILES string of the molecule is Cc1ccc(N2C[C@@H](C(=O)Oc3ccc(N4C(=O)[C@@H]5[C@@H]6C=C[C@H]([C@H]7C[C@@H]67)[C@@H]5C4=O)cc3)CC2=O)cc1. The summed E-state index contributed by atoms with van der Waals surface area (Å²) in [6, 6.07) is 14.1. The monoisotopic (exact) mass is 482 g/mol. The van der Waals surface area contributed by atoms with Gasteiger partial charge in [-0.15, -0.1) is 0 Å². The summed E-state index contributed by atoms with van der Waals surface area (Å²) in [6.45, 7) is 2.25. The number of esters is 1. The van der Waals surface area contributed by atoms with Gasteiger partial charge < -0.3 is 9.64 Å². The fourth-order valence-corrected chi connectivity index (χ4v) is 6.91. The van der Waals surface area contributed by atoms with Crippen LogP contribution in [0.25, 0.3) is 0 Å². The minimum Gasteiger partial charge on any atom is -0.426 e. The lowest BCUT2D eigenvalue weighted by Gasteiger charge is -2.37. The van der Waals surface area contributed by atoms with Gasteiger partial charge in [0.25, 0.3) is 0 Å². The molecule has 2 bridgehead atoms. The van der Waals surface area contributed by atoms with Crippen molar-refractivity contribution in [3.63, 3.8) is 0 Å². The Morgan fingerprint density at radius 2 is 1.42 bits per heavy atom. The molecule has 0 N–H and O–H groups in total. The number of imide groups is 1.